The molecule has 0 radical (unpaired) electrons. The van der Waals surface area contributed by atoms with Crippen LogP contribution >= 0.6 is 11.8 Å². The van der Waals surface area contributed by atoms with E-state index in [1.165, 1.54) is 23.9 Å². The van der Waals surface area contributed by atoms with E-state index in [-0.39, 0.29) is 23.4 Å². The number of benzene rings is 2. The van der Waals surface area contributed by atoms with Crippen molar-refractivity contribution in [2.75, 3.05) is 5.75 Å². The summed E-state index contributed by atoms with van der Waals surface area (Å²) in [5.74, 6) is -0.228. The number of halogens is 1. The first-order valence-electron chi connectivity index (χ1n) is 9.42. The maximum absolute atomic E-state index is 13.5. The number of aliphatic imine (C=N–C) groups is 2. The van der Waals surface area contributed by atoms with Crippen LogP contribution in [0.2, 0.25) is 0 Å². The molecule has 1 unspecified atom stereocenters. The van der Waals surface area contributed by atoms with E-state index >= 15 is 0 Å². The molecule has 1 atom stereocenters. The third kappa shape index (κ3) is 4.63. The number of nitrogens with one attached hydrogen (secondary N) is 1. The Balaban J connectivity index is 1.64. The van der Waals surface area contributed by atoms with Crippen molar-refractivity contribution < 1.29 is 9.18 Å². The van der Waals surface area contributed by atoms with Crippen LogP contribution in [0, 0.1) is 5.82 Å². The number of nitrogens with zero attached hydrogens (tertiary/aromatic N) is 3. The minimum atomic E-state index is -0.387. The number of rotatable bonds is 4. The summed E-state index contributed by atoms with van der Waals surface area (Å²) in [5, 5.41) is 3.72. The third-order valence-electron chi connectivity index (χ3n) is 4.57. The van der Waals surface area contributed by atoms with Gasteiger partial charge in [0.15, 0.2) is 0 Å². The van der Waals surface area contributed by atoms with Gasteiger partial charge in [-0.05, 0) is 48.9 Å². The van der Waals surface area contributed by atoms with Crippen molar-refractivity contribution >= 4 is 40.6 Å². The van der Waals surface area contributed by atoms with Crippen molar-refractivity contribution in [1.29, 1.82) is 0 Å². The number of para-hydroxylation sites is 2. The highest BCUT2D eigenvalue weighted by Crippen LogP contribution is 2.34. The van der Waals surface area contributed by atoms with Crippen LogP contribution < -0.4 is 5.32 Å². The van der Waals surface area contributed by atoms with Crippen molar-refractivity contribution in [3.63, 3.8) is 0 Å². The van der Waals surface area contributed by atoms with E-state index in [1.54, 1.807) is 18.3 Å². The molecule has 2 heterocycles. The number of amidine groups is 1. The van der Waals surface area contributed by atoms with Crippen LogP contribution in [0.3, 0.4) is 0 Å². The smallest absolute Gasteiger partial charge is 0.235 e. The number of carbonyl (C=O) groups excluding carboxylic acids is 1. The second kappa shape index (κ2) is 9.00. The molecule has 0 fully saturated rings. The molecule has 1 amide bonds. The Labute approximate surface area is 178 Å². The molecule has 3 aromatic rings. The Morgan fingerprint density at radius 2 is 1.70 bits per heavy atom. The van der Waals surface area contributed by atoms with Gasteiger partial charge in [0.2, 0.25) is 5.91 Å². The van der Waals surface area contributed by atoms with Crippen LogP contribution in [0.25, 0.3) is 0 Å². The van der Waals surface area contributed by atoms with E-state index < -0.39 is 0 Å². The molecular formula is C23H19FN4OS. The lowest BCUT2D eigenvalue weighted by Gasteiger charge is -2.19. The lowest BCUT2D eigenvalue weighted by atomic mass is 9.93. The molecule has 0 bridgehead atoms. The van der Waals surface area contributed by atoms with Gasteiger partial charge in [-0.1, -0.05) is 42.1 Å². The SMILES string of the molecule is CC1=Nc2ccccc2N=C(NC(=O)CSc2ccccn2)C1c1ccc(F)cc1. The molecule has 0 saturated carbocycles. The maximum Gasteiger partial charge on any atom is 0.235 e. The van der Waals surface area contributed by atoms with Gasteiger partial charge < -0.3 is 5.32 Å². The Bertz CT molecular complexity index is 1110. The fourth-order valence-corrected chi connectivity index (χ4v) is 3.87. The van der Waals surface area contributed by atoms with E-state index in [9.17, 15) is 9.18 Å². The molecule has 30 heavy (non-hydrogen) atoms. The second-order valence-electron chi connectivity index (χ2n) is 6.73. The highest BCUT2D eigenvalue weighted by atomic mass is 32.2. The Morgan fingerprint density at radius 1 is 1.00 bits per heavy atom. The van der Waals surface area contributed by atoms with Gasteiger partial charge >= 0.3 is 0 Å². The van der Waals surface area contributed by atoms with Gasteiger partial charge in [-0.2, -0.15) is 0 Å². The van der Waals surface area contributed by atoms with Crippen LogP contribution in [-0.4, -0.2) is 28.2 Å². The molecule has 1 N–H and O–H groups in total. The normalized spacial score (nSPS) is 15.5. The standard InChI is InChI=1S/C23H19FN4OS/c1-15-22(16-9-11-17(24)12-10-16)23(27-19-7-3-2-6-18(19)26-15)28-20(29)14-30-21-8-4-5-13-25-21/h2-13,22H,14H2,1H3,(H,27,28,29). The summed E-state index contributed by atoms with van der Waals surface area (Å²) in [7, 11) is 0. The van der Waals surface area contributed by atoms with Gasteiger partial charge in [0, 0.05) is 11.9 Å². The zero-order valence-corrected chi connectivity index (χ0v) is 17.1. The van der Waals surface area contributed by atoms with Crippen LogP contribution in [-0.2, 0) is 4.79 Å². The van der Waals surface area contributed by atoms with Crippen molar-refractivity contribution in [1.82, 2.24) is 10.3 Å². The van der Waals surface area contributed by atoms with E-state index in [0.29, 0.717) is 11.5 Å². The number of fused-ring (bicyclic) bond motifs is 1. The minimum absolute atomic E-state index is 0.191. The Kier molecular flexibility index (Phi) is 5.99. The van der Waals surface area contributed by atoms with Crippen molar-refractivity contribution in [2.45, 2.75) is 17.9 Å². The predicted molar refractivity (Wildman–Crippen MR) is 119 cm³/mol. The number of carbonyl (C=O) groups is 1. The minimum Gasteiger partial charge on any atom is -0.313 e. The van der Waals surface area contributed by atoms with Crippen LogP contribution in [0.4, 0.5) is 15.8 Å². The summed E-state index contributed by atoms with van der Waals surface area (Å²) in [6.45, 7) is 1.89. The average Bonchev–Trinajstić information content (AvgIpc) is 2.89. The molecule has 4 rings (SSSR count). The molecule has 150 valence electrons. The van der Waals surface area contributed by atoms with Crippen LogP contribution in [0.15, 0.2) is 87.9 Å². The van der Waals surface area contributed by atoms with E-state index in [4.69, 9.17) is 9.98 Å². The second-order valence-corrected chi connectivity index (χ2v) is 7.72. The first kappa shape index (κ1) is 20.0. The predicted octanol–water partition coefficient (Wildman–Crippen LogP) is 5.05. The van der Waals surface area contributed by atoms with Gasteiger partial charge in [0.1, 0.15) is 11.7 Å². The number of hydrogen-bond donors (Lipinski definition) is 1. The molecule has 0 saturated heterocycles. The van der Waals surface area contributed by atoms with Gasteiger partial charge in [0.05, 0.1) is 28.1 Å². The largest absolute Gasteiger partial charge is 0.313 e. The average molecular weight is 418 g/mol. The van der Waals surface area contributed by atoms with Crippen molar-refractivity contribution in [3.8, 4) is 0 Å². The lowest BCUT2D eigenvalue weighted by molar-refractivity contribution is -0.117. The first-order valence-corrected chi connectivity index (χ1v) is 10.4. The first-order chi connectivity index (χ1) is 14.6. The molecule has 1 aromatic heterocycles. The summed E-state index contributed by atoms with van der Waals surface area (Å²) < 4.78 is 13.5. The zero-order valence-electron chi connectivity index (χ0n) is 16.2. The van der Waals surface area contributed by atoms with Crippen LogP contribution in [0.1, 0.15) is 18.4 Å². The molecular weight excluding hydrogens is 399 g/mol. The molecule has 1 aliphatic heterocycles. The monoisotopic (exact) mass is 418 g/mol. The number of aromatic nitrogens is 1. The summed E-state index contributed by atoms with van der Waals surface area (Å²) in [5.41, 5.74) is 2.98. The molecule has 0 spiro atoms. The quantitative estimate of drug-likeness (QED) is 0.603. The van der Waals surface area contributed by atoms with E-state index in [1.807, 2.05) is 49.4 Å². The summed E-state index contributed by atoms with van der Waals surface area (Å²) in [4.78, 5) is 26.4. The van der Waals surface area contributed by atoms with E-state index in [0.717, 1.165) is 22.0 Å². The Hall–Kier alpha value is -3.32. The Morgan fingerprint density at radius 3 is 2.40 bits per heavy atom. The van der Waals surface area contributed by atoms with Gasteiger partial charge in [0.25, 0.3) is 0 Å². The van der Waals surface area contributed by atoms with Crippen molar-refractivity contribution in [2.24, 2.45) is 9.98 Å². The van der Waals surface area contributed by atoms with Crippen LogP contribution in [0.5, 0.6) is 0 Å². The van der Waals surface area contributed by atoms with Gasteiger partial charge in [-0.15, -0.1) is 0 Å². The maximum atomic E-state index is 13.5. The molecule has 0 aliphatic carbocycles. The number of pyridine rings is 1. The topological polar surface area (TPSA) is 66.7 Å². The molecule has 1 aliphatic rings. The summed E-state index contributed by atoms with van der Waals surface area (Å²) in [6, 6.07) is 19.3. The molecule has 7 heteroatoms. The lowest BCUT2D eigenvalue weighted by Crippen LogP contribution is -2.38. The summed E-state index contributed by atoms with van der Waals surface area (Å²) in [6.07, 6.45) is 1.69. The molecule has 5 nitrogen and oxygen atoms in total. The van der Waals surface area contributed by atoms with Gasteiger partial charge in [-0.3, -0.25) is 9.79 Å². The van der Waals surface area contributed by atoms with Gasteiger partial charge in [-0.25, -0.2) is 14.4 Å². The van der Waals surface area contributed by atoms with Crippen molar-refractivity contribution in [3.05, 3.63) is 84.3 Å². The zero-order chi connectivity index (χ0) is 20.9. The number of amides is 1. The third-order valence-corrected chi connectivity index (χ3v) is 5.51. The summed E-state index contributed by atoms with van der Waals surface area (Å²) >= 11 is 1.35. The molecule has 2 aromatic carbocycles. The fourth-order valence-electron chi connectivity index (χ4n) is 3.21. The van der Waals surface area contributed by atoms with E-state index in [2.05, 4.69) is 10.3 Å². The fraction of sp³-hybridized carbons (Fsp3) is 0.130. The number of hydrogen-bond acceptors (Lipinski definition) is 5. The highest BCUT2D eigenvalue weighted by molar-refractivity contribution is 7.99. The highest BCUT2D eigenvalue weighted by Gasteiger charge is 2.26. The number of thioether (sulfide) groups is 1.